The van der Waals surface area contributed by atoms with Crippen LogP contribution in [0.5, 0.6) is 0 Å². The second-order valence-electron chi connectivity index (χ2n) is 8.32. The highest BCUT2D eigenvalue weighted by molar-refractivity contribution is 5.98. The molecule has 126 valence electrons. The van der Waals surface area contributed by atoms with Gasteiger partial charge in [0, 0.05) is 43.1 Å². The summed E-state index contributed by atoms with van der Waals surface area (Å²) in [6.07, 6.45) is 0.771. The zero-order valence-electron chi connectivity index (χ0n) is 14.6. The molecule has 3 rings (SSSR count). The predicted octanol–water partition coefficient (Wildman–Crippen LogP) is 3.49. The smallest absolute Gasteiger partial charge is 0.166 e. The highest BCUT2D eigenvalue weighted by Gasteiger charge is 2.48. The van der Waals surface area contributed by atoms with Crippen molar-refractivity contribution in [1.82, 2.24) is 5.32 Å². The van der Waals surface area contributed by atoms with Crippen molar-refractivity contribution in [3.05, 3.63) is 29.6 Å². The van der Waals surface area contributed by atoms with E-state index in [1.165, 1.54) is 6.07 Å². The Kier molecular flexibility index (Phi) is 3.99. The third-order valence-corrected chi connectivity index (χ3v) is 5.40. The van der Waals surface area contributed by atoms with Crippen molar-refractivity contribution in [2.75, 3.05) is 31.1 Å². The summed E-state index contributed by atoms with van der Waals surface area (Å²) in [5.41, 5.74) is 1.37. The van der Waals surface area contributed by atoms with Crippen LogP contribution < -0.4 is 10.2 Å². The van der Waals surface area contributed by atoms with Gasteiger partial charge >= 0.3 is 0 Å². The third kappa shape index (κ3) is 2.89. The first-order chi connectivity index (χ1) is 10.8. The molecule has 1 atom stereocenters. The van der Waals surface area contributed by atoms with Gasteiger partial charge in [0.25, 0.3) is 0 Å². The lowest BCUT2D eigenvalue weighted by molar-refractivity contribution is 0.0810. The van der Waals surface area contributed by atoms with Crippen molar-refractivity contribution in [3.8, 4) is 0 Å². The van der Waals surface area contributed by atoms with Crippen molar-refractivity contribution in [3.63, 3.8) is 0 Å². The average Bonchev–Trinajstić information content (AvgIpc) is 2.36. The van der Waals surface area contributed by atoms with Crippen molar-refractivity contribution < 1.29 is 9.18 Å². The van der Waals surface area contributed by atoms with Crippen LogP contribution in [0.15, 0.2) is 18.2 Å². The van der Waals surface area contributed by atoms with E-state index in [1.807, 2.05) is 6.92 Å². The Morgan fingerprint density at radius 3 is 2.43 bits per heavy atom. The van der Waals surface area contributed by atoms with E-state index >= 15 is 0 Å². The molecule has 0 aliphatic carbocycles. The molecule has 0 bridgehead atoms. The summed E-state index contributed by atoms with van der Waals surface area (Å²) in [5.74, 6) is -0.309. The monoisotopic (exact) mass is 318 g/mol. The van der Waals surface area contributed by atoms with Gasteiger partial charge < -0.3 is 10.2 Å². The van der Waals surface area contributed by atoms with E-state index in [4.69, 9.17) is 0 Å². The highest BCUT2D eigenvalue weighted by Crippen LogP contribution is 2.39. The Balaban J connectivity index is 1.75. The van der Waals surface area contributed by atoms with Crippen LogP contribution in [0.2, 0.25) is 0 Å². The second kappa shape index (κ2) is 5.59. The topological polar surface area (TPSA) is 32.3 Å². The molecular formula is C19H27FN2O. The number of nitrogens with one attached hydrogen (secondary N) is 1. The number of anilines is 1. The Morgan fingerprint density at radius 2 is 2.00 bits per heavy atom. The molecule has 1 aromatic rings. The number of rotatable bonds is 4. The lowest BCUT2D eigenvalue weighted by Crippen LogP contribution is -2.71. The molecule has 2 fully saturated rings. The number of hydrogen-bond donors (Lipinski definition) is 1. The lowest BCUT2D eigenvalue weighted by atomic mass is 9.74. The van der Waals surface area contributed by atoms with E-state index in [0.717, 1.165) is 32.6 Å². The van der Waals surface area contributed by atoms with Gasteiger partial charge in [-0.1, -0.05) is 27.7 Å². The molecule has 1 aromatic carbocycles. The van der Waals surface area contributed by atoms with Gasteiger partial charge in [0.1, 0.15) is 5.82 Å². The molecule has 0 aromatic heterocycles. The molecule has 1 unspecified atom stereocenters. The molecule has 3 nitrogen and oxygen atoms in total. The molecule has 0 saturated carbocycles. The summed E-state index contributed by atoms with van der Waals surface area (Å²) < 4.78 is 14.5. The van der Waals surface area contributed by atoms with Gasteiger partial charge in [0.2, 0.25) is 0 Å². The van der Waals surface area contributed by atoms with Crippen molar-refractivity contribution >= 4 is 11.5 Å². The van der Waals surface area contributed by atoms with Gasteiger partial charge in [-0.3, -0.25) is 4.79 Å². The van der Waals surface area contributed by atoms with Crippen LogP contribution in [-0.2, 0) is 0 Å². The minimum Gasteiger partial charge on any atom is -0.368 e. The van der Waals surface area contributed by atoms with Crippen LogP contribution in [0, 0.1) is 22.6 Å². The minimum absolute atomic E-state index is 0.0497. The molecule has 2 heterocycles. The number of halogens is 1. The Hall–Kier alpha value is -1.42. The number of carbonyl (C=O) groups excluding carboxylic acids is 1. The normalized spacial score (nSPS) is 20.8. The fourth-order valence-electron chi connectivity index (χ4n) is 3.94. The molecule has 4 heteroatoms. The highest BCUT2D eigenvalue weighted by atomic mass is 19.1. The zero-order valence-corrected chi connectivity index (χ0v) is 14.6. The van der Waals surface area contributed by atoms with Gasteiger partial charge in [-0.15, -0.1) is 0 Å². The van der Waals surface area contributed by atoms with Crippen LogP contribution in [0.4, 0.5) is 10.1 Å². The third-order valence-electron chi connectivity index (χ3n) is 5.40. The lowest BCUT2D eigenvalue weighted by Gasteiger charge is -2.57. The maximum Gasteiger partial charge on any atom is 0.166 e. The largest absolute Gasteiger partial charge is 0.368 e. The maximum absolute atomic E-state index is 14.5. The van der Waals surface area contributed by atoms with E-state index in [1.54, 1.807) is 12.1 Å². The van der Waals surface area contributed by atoms with Gasteiger partial charge in [0.15, 0.2) is 5.78 Å². The van der Waals surface area contributed by atoms with Gasteiger partial charge in [-0.05, 0) is 30.0 Å². The van der Waals surface area contributed by atoms with E-state index in [2.05, 4.69) is 31.0 Å². The van der Waals surface area contributed by atoms with Crippen molar-refractivity contribution in [2.45, 2.75) is 34.1 Å². The summed E-state index contributed by atoms with van der Waals surface area (Å²) in [6, 6.07) is 4.99. The van der Waals surface area contributed by atoms with Crippen molar-refractivity contribution in [1.29, 1.82) is 0 Å². The first kappa shape index (κ1) is 16.4. The Bertz CT molecular complexity index is 608. The molecule has 1 spiro atoms. The molecule has 0 radical (unpaired) electrons. The maximum atomic E-state index is 14.5. The fraction of sp³-hybridized carbons (Fsp3) is 0.632. The van der Waals surface area contributed by atoms with Crippen molar-refractivity contribution in [2.24, 2.45) is 16.7 Å². The summed E-state index contributed by atoms with van der Waals surface area (Å²) in [6.45, 7) is 12.1. The quantitative estimate of drug-likeness (QED) is 0.863. The molecule has 0 amide bonds. The fourth-order valence-corrected chi connectivity index (χ4v) is 3.94. The standard InChI is InChI=1S/C19H27FN2O/c1-5-14(18(2,3)4)17(23)13-6-7-16(15(20)8-13)22-11-19(12-22)9-21-10-19/h6-8,14,21H,5,9-12H2,1-4H3. The first-order valence-electron chi connectivity index (χ1n) is 8.55. The Morgan fingerprint density at radius 1 is 1.35 bits per heavy atom. The number of Topliss-reactive ketones (excluding diaryl/α,β-unsaturated/α-hetero) is 1. The van der Waals surface area contributed by atoms with E-state index in [-0.39, 0.29) is 22.9 Å². The predicted molar refractivity (Wildman–Crippen MR) is 91.5 cm³/mol. The summed E-state index contributed by atoms with van der Waals surface area (Å²) in [4.78, 5) is 14.8. The van der Waals surface area contributed by atoms with Crippen LogP contribution in [0.1, 0.15) is 44.5 Å². The molecule has 2 saturated heterocycles. The summed E-state index contributed by atoms with van der Waals surface area (Å²) in [7, 11) is 0. The molecular weight excluding hydrogens is 291 g/mol. The molecule has 2 aliphatic heterocycles. The number of benzene rings is 1. The SMILES string of the molecule is CCC(C(=O)c1ccc(N2CC3(CNC3)C2)c(F)c1)C(C)(C)C. The summed E-state index contributed by atoms with van der Waals surface area (Å²) >= 11 is 0. The van der Waals surface area contributed by atoms with E-state index in [9.17, 15) is 9.18 Å². The molecule has 23 heavy (non-hydrogen) atoms. The first-order valence-corrected chi connectivity index (χ1v) is 8.55. The van der Waals surface area contributed by atoms with Crippen LogP contribution in [0.25, 0.3) is 0 Å². The molecule has 1 N–H and O–H groups in total. The van der Waals surface area contributed by atoms with E-state index in [0.29, 0.717) is 16.7 Å². The second-order valence-corrected chi connectivity index (χ2v) is 8.32. The van der Waals surface area contributed by atoms with Crippen LogP contribution >= 0.6 is 0 Å². The number of ketones is 1. The summed E-state index contributed by atoms with van der Waals surface area (Å²) in [5, 5.41) is 3.28. The van der Waals surface area contributed by atoms with E-state index < -0.39 is 0 Å². The number of carbonyl (C=O) groups is 1. The number of hydrogen-bond acceptors (Lipinski definition) is 3. The average molecular weight is 318 g/mol. The number of nitrogens with zero attached hydrogens (tertiary/aromatic N) is 1. The molecule has 2 aliphatic rings. The Labute approximate surface area is 138 Å². The minimum atomic E-state index is -0.276. The van der Waals surface area contributed by atoms with Gasteiger partial charge in [0.05, 0.1) is 5.69 Å². The zero-order chi connectivity index (χ0) is 16.8. The van der Waals surface area contributed by atoms with Gasteiger partial charge in [-0.2, -0.15) is 0 Å². The van der Waals surface area contributed by atoms with Gasteiger partial charge in [-0.25, -0.2) is 4.39 Å². The van der Waals surface area contributed by atoms with Crippen LogP contribution in [-0.4, -0.2) is 32.0 Å². The van der Waals surface area contributed by atoms with Crippen LogP contribution in [0.3, 0.4) is 0 Å².